The van der Waals surface area contributed by atoms with Crippen molar-refractivity contribution in [3.05, 3.63) is 90.9 Å². The Morgan fingerprint density at radius 3 is 2.62 bits per heavy atom. The van der Waals surface area contributed by atoms with Gasteiger partial charge in [-0.05, 0) is 47.5 Å². The number of fused-ring (bicyclic) bond motifs is 1. The number of amides is 1. The largest absolute Gasteiger partial charge is 0.323 e. The number of carbonyl (C=O) groups excluding carboxylic acids is 1. The number of nitrogens with zero attached hydrogens (tertiary/aromatic N) is 2. The zero-order valence-corrected chi connectivity index (χ0v) is 15.6. The molecule has 0 aliphatic rings. The molecule has 0 radical (unpaired) electrons. The van der Waals surface area contributed by atoms with E-state index in [0.717, 1.165) is 33.2 Å². The third kappa shape index (κ3) is 4.18. The molecule has 4 nitrogen and oxygen atoms in total. The number of benzene rings is 3. The Morgan fingerprint density at radius 2 is 1.83 bits per heavy atom. The highest BCUT2D eigenvalue weighted by Gasteiger charge is 2.12. The van der Waals surface area contributed by atoms with Gasteiger partial charge in [-0.1, -0.05) is 55.9 Å². The fourth-order valence-electron chi connectivity index (χ4n) is 3.13. The van der Waals surface area contributed by atoms with Crippen LogP contribution in [0.4, 0.5) is 5.69 Å². The fourth-order valence-corrected chi connectivity index (χ4v) is 3.38. The molecule has 0 atom stereocenters. The monoisotopic (exact) mass is 401 g/mol. The third-order valence-electron chi connectivity index (χ3n) is 4.42. The first-order valence-electron chi connectivity index (χ1n) is 8.68. The highest BCUT2D eigenvalue weighted by Crippen LogP contribution is 2.36. The minimum Gasteiger partial charge on any atom is -0.323 e. The fraction of sp³-hybridized carbons (Fsp3) is 0.0417. The van der Waals surface area contributed by atoms with Gasteiger partial charge in [-0.3, -0.25) is 4.79 Å². The molecular weight excluding hydrogens is 382 g/mol. The summed E-state index contributed by atoms with van der Waals surface area (Å²) in [6.07, 6.45) is 4.56. The molecule has 1 heterocycles. The molecule has 0 aliphatic carbocycles. The Balaban J connectivity index is 0.00000240. The molecule has 1 amide bonds. The van der Waals surface area contributed by atoms with E-state index in [1.807, 2.05) is 54.6 Å². The van der Waals surface area contributed by atoms with Crippen LogP contribution in [0.5, 0.6) is 0 Å². The molecule has 4 rings (SSSR count). The first-order chi connectivity index (χ1) is 13.7. The number of halogens is 1. The molecule has 1 N–H and O–H groups in total. The number of carbonyl (C=O) groups is 1. The summed E-state index contributed by atoms with van der Waals surface area (Å²) >= 11 is 6.42. The van der Waals surface area contributed by atoms with E-state index in [-0.39, 0.29) is 13.3 Å². The number of nitrogens with one attached hydrogen (secondary N) is 1. The van der Waals surface area contributed by atoms with Gasteiger partial charge >= 0.3 is 0 Å². The van der Waals surface area contributed by atoms with Crippen LogP contribution in [0.2, 0.25) is 5.02 Å². The summed E-state index contributed by atoms with van der Waals surface area (Å²) in [6, 6.07) is 19.4. The summed E-state index contributed by atoms with van der Waals surface area (Å²) in [7, 11) is 0. The van der Waals surface area contributed by atoms with Gasteiger partial charge in [0.15, 0.2) is 0 Å². The van der Waals surface area contributed by atoms with Crippen molar-refractivity contribution >= 4 is 34.1 Å². The van der Waals surface area contributed by atoms with Gasteiger partial charge < -0.3 is 5.32 Å². The van der Waals surface area contributed by atoms with Crippen molar-refractivity contribution in [2.45, 2.75) is 7.43 Å². The Hall–Kier alpha value is -3.50. The highest BCUT2D eigenvalue weighted by molar-refractivity contribution is 6.33. The molecule has 0 aliphatic heterocycles. The maximum absolute atomic E-state index is 11.7. The lowest BCUT2D eigenvalue weighted by Gasteiger charge is -2.12. The Labute approximate surface area is 174 Å². The number of hydrogen-bond donors (Lipinski definition) is 1. The lowest BCUT2D eigenvalue weighted by atomic mass is 9.96. The molecule has 0 saturated carbocycles. The van der Waals surface area contributed by atoms with Crippen molar-refractivity contribution in [1.29, 1.82) is 0 Å². The number of hydrogen-bond acceptors (Lipinski definition) is 3. The molecule has 144 valence electrons. The Kier molecular flexibility index (Phi) is 6.05. The van der Waals surface area contributed by atoms with Crippen molar-refractivity contribution in [1.82, 2.24) is 9.97 Å². The average molecular weight is 402 g/mol. The average Bonchev–Trinajstić information content (AvgIpc) is 2.73. The lowest BCUT2D eigenvalue weighted by Crippen LogP contribution is -2.07. The predicted molar refractivity (Wildman–Crippen MR) is 121 cm³/mol. The van der Waals surface area contributed by atoms with Crippen LogP contribution in [0.1, 0.15) is 7.43 Å². The first kappa shape index (κ1) is 20.2. The normalized spacial score (nSPS) is 10.2. The Morgan fingerprint density at radius 1 is 1.00 bits per heavy atom. The molecule has 0 saturated heterocycles. The summed E-state index contributed by atoms with van der Waals surface area (Å²) in [6.45, 7) is 3.49. The summed E-state index contributed by atoms with van der Waals surface area (Å²) in [5, 5.41) is 4.38. The lowest BCUT2D eigenvalue weighted by molar-refractivity contribution is -0.111. The molecule has 4 aromatic rings. The molecule has 3 aromatic carbocycles. The van der Waals surface area contributed by atoms with Crippen LogP contribution in [-0.2, 0) is 4.79 Å². The van der Waals surface area contributed by atoms with Gasteiger partial charge in [0.05, 0.1) is 5.52 Å². The van der Waals surface area contributed by atoms with Crippen molar-refractivity contribution in [3.8, 4) is 22.3 Å². The number of rotatable bonds is 4. The molecular formula is C24H20ClN3O. The van der Waals surface area contributed by atoms with E-state index in [1.54, 1.807) is 6.20 Å². The molecule has 0 fully saturated rings. The topological polar surface area (TPSA) is 54.9 Å². The molecule has 1 aromatic heterocycles. The van der Waals surface area contributed by atoms with Crippen molar-refractivity contribution < 1.29 is 4.79 Å². The summed E-state index contributed by atoms with van der Waals surface area (Å²) in [4.78, 5) is 20.3. The minimum absolute atomic E-state index is 0. The quantitative estimate of drug-likeness (QED) is 0.404. The van der Waals surface area contributed by atoms with Gasteiger partial charge in [0, 0.05) is 33.4 Å². The van der Waals surface area contributed by atoms with Gasteiger partial charge in [0.25, 0.3) is 0 Å². The molecule has 0 unspecified atom stereocenters. The molecule has 0 bridgehead atoms. The van der Waals surface area contributed by atoms with Gasteiger partial charge in [0.2, 0.25) is 5.91 Å². The zero-order valence-electron chi connectivity index (χ0n) is 14.9. The maximum Gasteiger partial charge on any atom is 0.247 e. The summed E-state index contributed by atoms with van der Waals surface area (Å²) in [5.41, 5.74) is 5.30. The zero-order chi connectivity index (χ0) is 19.5. The summed E-state index contributed by atoms with van der Waals surface area (Å²) in [5.74, 6) is -0.255. The van der Waals surface area contributed by atoms with E-state index in [1.165, 1.54) is 12.4 Å². The van der Waals surface area contributed by atoms with E-state index >= 15 is 0 Å². The van der Waals surface area contributed by atoms with Crippen LogP contribution in [0.25, 0.3) is 33.2 Å². The second kappa shape index (κ2) is 8.67. The van der Waals surface area contributed by atoms with Gasteiger partial charge in [-0.25, -0.2) is 9.97 Å². The second-order valence-electron chi connectivity index (χ2n) is 6.24. The first-order valence-corrected chi connectivity index (χ1v) is 9.06. The van der Waals surface area contributed by atoms with Crippen molar-refractivity contribution in [2.75, 3.05) is 5.32 Å². The summed E-state index contributed by atoms with van der Waals surface area (Å²) < 4.78 is 0. The minimum atomic E-state index is -0.255. The van der Waals surface area contributed by atoms with Crippen molar-refractivity contribution in [2.24, 2.45) is 0 Å². The standard InChI is InChI=1S/C23H16ClN3O.CH4/c1-2-22(28)27-18-7-5-6-15(11-18)20-12-16(19-8-3-4-9-21(19)24)10-17-13-25-14-26-23(17)20;/h2-14H,1H2,(H,27,28);1H4. The van der Waals surface area contributed by atoms with Crippen LogP contribution < -0.4 is 5.32 Å². The van der Waals surface area contributed by atoms with E-state index in [4.69, 9.17) is 11.6 Å². The van der Waals surface area contributed by atoms with Gasteiger partial charge in [0.1, 0.15) is 6.33 Å². The SMILES string of the molecule is C.C=CC(=O)Nc1cccc(-c2cc(-c3ccccc3Cl)cc3cncnc23)c1. The van der Waals surface area contributed by atoms with Crippen LogP contribution in [0.3, 0.4) is 0 Å². The molecule has 0 spiro atoms. The predicted octanol–water partition coefficient (Wildman–Crippen LogP) is 6.38. The van der Waals surface area contributed by atoms with Gasteiger partial charge in [-0.2, -0.15) is 0 Å². The van der Waals surface area contributed by atoms with E-state index < -0.39 is 0 Å². The van der Waals surface area contributed by atoms with Crippen LogP contribution >= 0.6 is 11.6 Å². The van der Waals surface area contributed by atoms with Gasteiger partial charge in [-0.15, -0.1) is 0 Å². The molecule has 5 heteroatoms. The Bertz CT molecular complexity index is 1200. The maximum atomic E-state index is 11.7. The molecule has 29 heavy (non-hydrogen) atoms. The highest BCUT2D eigenvalue weighted by atomic mass is 35.5. The second-order valence-corrected chi connectivity index (χ2v) is 6.65. The van der Waals surface area contributed by atoms with Crippen molar-refractivity contribution in [3.63, 3.8) is 0 Å². The van der Waals surface area contributed by atoms with Crippen LogP contribution in [0.15, 0.2) is 85.8 Å². The van der Waals surface area contributed by atoms with E-state index in [2.05, 4.69) is 27.9 Å². The van der Waals surface area contributed by atoms with Crippen LogP contribution in [-0.4, -0.2) is 15.9 Å². The van der Waals surface area contributed by atoms with E-state index in [0.29, 0.717) is 10.7 Å². The smallest absolute Gasteiger partial charge is 0.247 e. The number of aromatic nitrogens is 2. The van der Waals surface area contributed by atoms with Crippen LogP contribution in [0, 0.1) is 0 Å². The number of anilines is 1. The van der Waals surface area contributed by atoms with E-state index in [9.17, 15) is 4.79 Å². The third-order valence-corrected chi connectivity index (χ3v) is 4.75.